The largest absolute Gasteiger partial charge is 0.493 e. The summed E-state index contributed by atoms with van der Waals surface area (Å²) < 4.78 is 10.7. The Labute approximate surface area is 157 Å². The second-order valence-corrected chi connectivity index (χ2v) is 5.65. The molecule has 2 aromatic carbocycles. The molecule has 2 rings (SSSR count). The number of nitrogens with zero attached hydrogens (tertiary/aromatic N) is 1. The number of anilines is 1. The number of rotatable bonds is 7. The molecular formula is C20H19N3O4. The quantitative estimate of drug-likeness (QED) is 0.578. The average Bonchev–Trinajstić information content (AvgIpc) is 2.66. The van der Waals surface area contributed by atoms with E-state index in [1.807, 2.05) is 19.1 Å². The van der Waals surface area contributed by atoms with Crippen LogP contribution in [0.15, 0.2) is 48.0 Å². The Morgan fingerprint density at radius 3 is 2.48 bits per heavy atom. The fourth-order valence-corrected chi connectivity index (χ4v) is 2.20. The van der Waals surface area contributed by atoms with Crippen molar-refractivity contribution >= 4 is 23.6 Å². The van der Waals surface area contributed by atoms with Crippen molar-refractivity contribution in [3.63, 3.8) is 0 Å². The van der Waals surface area contributed by atoms with Gasteiger partial charge in [-0.2, -0.15) is 5.26 Å². The standard InChI is InChI=1S/C20H19N3O4/c1-13-3-6-16(7-4-13)23-19(24)12-27-17-8-5-14(10-18(17)26-2)9-15(11-21)20(22)25/h3-10H,12H2,1-2H3,(H2,22,25)(H,23,24)/b15-9+. The van der Waals surface area contributed by atoms with Crippen molar-refractivity contribution in [2.24, 2.45) is 5.73 Å². The first-order chi connectivity index (χ1) is 12.9. The first-order valence-corrected chi connectivity index (χ1v) is 8.02. The smallest absolute Gasteiger partial charge is 0.262 e. The van der Waals surface area contributed by atoms with Crippen LogP contribution in [0.2, 0.25) is 0 Å². The van der Waals surface area contributed by atoms with E-state index in [4.69, 9.17) is 20.5 Å². The van der Waals surface area contributed by atoms with Crippen molar-refractivity contribution in [3.8, 4) is 17.6 Å². The van der Waals surface area contributed by atoms with E-state index in [1.165, 1.54) is 13.2 Å². The third-order valence-electron chi connectivity index (χ3n) is 3.58. The van der Waals surface area contributed by atoms with Gasteiger partial charge in [0.15, 0.2) is 18.1 Å². The molecule has 3 N–H and O–H groups in total. The number of amides is 2. The molecule has 0 aliphatic heterocycles. The van der Waals surface area contributed by atoms with Gasteiger partial charge in [0.1, 0.15) is 11.6 Å². The van der Waals surface area contributed by atoms with Crippen LogP contribution in [0.5, 0.6) is 11.5 Å². The van der Waals surface area contributed by atoms with Crippen molar-refractivity contribution in [1.29, 1.82) is 5.26 Å². The Morgan fingerprint density at radius 1 is 1.19 bits per heavy atom. The number of primary amides is 1. The SMILES string of the molecule is COc1cc(/C=C(\C#N)C(N)=O)ccc1OCC(=O)Nc1ccc(C)cc1. The van der Waals surface area contributed by atoms with Gasteiger partial charge in [-0.05, 0) is 42.8 Å². The summed E-state index contributed by atoms with van der Waals surface area (Å²) in [5.41, 5.74) is 7.25. The van der Waals surface area contributed by atoms with Crippen LogP contribution in [0, 0.1) is 18.3 Å². The van der Waals surface area contributed by atoms with E-state index in [0.29, 0.717) is 22.7 Å². The maximum atomic E-state index is 12.0. The van der Waals surface area contributed by atoms with Gasteiger partial charge in [-0.15, -0.1) is 0 Å². The number of carbonyl (C=O) groups excluding carboxylic acids is 2. The summed E-state index contributed by atoms with van der Waals surface area (Å²) in [7, 11) is 1.45. The Balaban J connectivity index is 2.06. The van der Waals surface area contributed by atoms with Crippen LogP contribution in [0.1, 0.15) is 11.1 Å². The van der Waals surface area contributed by atoms with Crippen LogP contribution in [-0.2, 0) is 9.59 Å². The summed E-state index contributed by atoms with van der Waals surface area (Å²) in [5, 5.41) is 11.6. The fourth-order valence-electron chi connectivity index (χ4n) is 2.20. The highest BCUT2D eigenvalue weighted by Crippen LogP contribution is 2.29. The first kappa shape index (κ1) is 19.5. The first-order valence-electron chi connectivity index (χ1n) is 8.02. The van der Waals surface area contributed by atoms with Crippen LogP contribution >= 0.6 is 0 Å². The Morgan fingerprint density at radius 2 is 1.89 bits per heavy atom. The van der Waals surface area contributed by atoms with Crippen LogP contribution in [-0.4, -0.2) is 25.5 Å². The van der Waals surface area contributed by atoms with Crippen LogP contribution < -0.4 is 20.5 Å². The molecule has 0 fully saturated rings. The van der Waals surface area contributed by atoms with Crippen molar-refractivity contribution in [3.05, 3.63) is 59.2 Å². The molecule has 0 radical (unpaired) electrons. The van der Waals surface area contributed by atoms with Gasteiger partial charge in [-0.3, -0.25) is 9.59 Å². The Hall–Kier alpha value is -3.79. The molecule has 0 unspecified atom stereocenters. The number of hydrogen-bond acceptors (Lipinski definition) is 5. The maximum absolute atomic E-state index is 12.0. The molecule has 0 saturated carbocycles. The van der Waals surface area contributed by atoms with E-state index in [2.05, 4.69) is 5.32 Å². The fraction of sp³-hybridized carbons (Fsp3) is 0.150. The molecule has 138 valence electrons. The molecule has 7 heteroatoms. The zero-order chi connectivity index (χ0) is 19.8. The number of hydrogen-bond donors (Lipinski definition) is 2. The number of nitriles is 1. The van der Waals surface area contributed by atoms with E-state index in [9.17, 15) is 9.59 Å². The molecule has 7 nitrogen and oxygen atoms in total. The molecule has 0 spiro atoms. The van der Waals surface area contributed by atoms with Gasteiger partial charge < -0.3 is 20.5 Å². The number of methoxy groups -OCH3 is 1. The minimum Gasteiger partial charge on any atom is -0.493 e. The molecule has 0 atom stereocenters. The summed E-state index contributed by atoms with van der Waals surface area (Å²) in [6, 6.07) is 13.9. The molecular weight excluding hydrogens is 346 g/mol. The van der Waals surface area contributed by atoms with E-state index >= 15 is 0 Å². The monoisotopic (exact) mass is 365 g/mol. The number of nitrogens with two attached hydrogens (primary N) is 1. The van der Waals surface area contributed by atoms with E-state index in [0.717, 1.165) is 5.56 Å². The molecule has 0 heterocycles. The summed E-state index contributed by atoms with van der Waals surface area (Å²) in [5.74, 6) is -0.421. The molecule has 0 aromatic heterocycles. The molecule has 2 aromatic rings. The summed E-state index contributed by atoms with van der Waals surface area (Å²) in [6.45, 7) is 1.76. The minimum atomic E-state index is -0.815. The number of benzene rings is 2. The number of aryl methyl sites for hydroxylation is 1. The summed E-state index contributed by atoms with van der Waals surface area (Å²) in [4.78, 5) is 23.2. The average molecular weight is 365 g/mol. The molecule has 0 aliphatic carbocycles. The Kier molecular flexibility index (Phi) is 6.55. The lowest BCUT2D eigenvalue weighted by molar-refractivity contribution is -0.118. The lowest BCUT2D eigenvalue weighted by atomic mass is 10.1. The zero-order valence-electron chi connectivity index (χ0n) is 15.0. The van der Waals surface area contributed by atoms with Gasteiger partial charge >= 0.3 is 0 Å². The van der Waals surface area contributed by atoms with Gasteiger partial charge in [-0.25, -0.2) is 0 Å². The predicted molar refractivity (Wildman–Crippen MR) is 101 cm³/mol. The lowest BCUT2D eigenvalue weighted by Crippen LogP contribution is -2.20. The van der Waals surface area contributed by atoms with Crippen molar-refractivity contribution < 1.29 is 19.1 Å². The van der Waals surface area contributed by atoms with Crippen LogP contribution in [0.25, 0.3) is 6.08 Å². The van der Waals surface area contributed by atoms with E-state index in [1.54, 1.807) is 36.4 Å². The number of carbonyl (C=O) groups is 2. The van der Waals surface area contributed by atoms with E-state index in [-0.39, 0.29) is 18.1 Å². The second kappa shape index (κ2) is 9.06. The highest BCUT2D eigenvalue weighted by atomic mass is 16.5. The number of nitrogens with one attached hydrogen (secondary N) is 1. The van der Waals surface area contributed by atoms with Gasteiger partial charge in [-0.1, -0.05) is 23.8 Å². The molecule has 27 heavy (non-hydrogen) atoms. The lowest BCUT2D eigenvalue weighted by Gasteiger charge is -2.12. The van der Waals surface area contributed by atoms with E-state index < -0.39 is 5.91 Å². The van der Waals surface area contributed by atoms with Crippen LogP contribution in [0.3, 0.4) is 0 Å². The normalized spacial score (nSPS) is 10.6. The Bertz CT molecular complexity index is 912. The number of ether oxygens (including phenoxy) is 2. The van der Waals surface area contributed by atoms with Gasteiger partial charge in [0.05, 0.1) is 7.11 Å². The maximum Gasteiger partial charge on any atom is 0.262 e. The molecule has 0 aliphatic rings. The molecule has 2 amide bonds. The van der Waals surface area contributed by atoms with Crippen molar-refractivity contribution in [2.45, 2.75) is 6.92 Å². The highest BCUT2D eigenvalue weighted by Gasteiger charge is 2.10. The van der Waals surface area contributed by atoms with Gasteiger partial charge in [0.25, 0.3) is 11.8 Å². The summed E-state index contributed by atoms with van der Waals surface area (Å²) >= 11 is 0. The highest BCUT2D eigenvalue weighted by molar-refractivity contribution is 6.00. The zero-order valence-corrected chi connectivity index (χ0v) is 15.0. The minimum absolute atomic E-state index is 0.178. The van der Waals surface area contributed by atoms with Crippen LogP contribution in [0.4, 0.5) is 5.69 Å². The topological polar surface area (TPSA) is 114 Å². The van der Waals surface area contributed by atoms with Gasteiger partial charge in [0.2, 0.25) is 0 Å². The van der Waals surface area contributed by atoms with Gasteiger partial charge in [0, 0.05) is 5.69 Å². The van der Waals surface area contributed by atoms with Crippen molar-refractivity contribution in [1.82, 2.24) is 0 Å². The molecule has 0 bridgehead atoms. The summed E-state index contributed by atoms with van der Waals surface area (Å²) in [6.07, 6.45) is 1.35. The third kappa shape index (κ3) is 5.61. The van der Waals surface area contributed by atoms with Crippen molar-refractivity contribution in [2.75, 3.05) is 19.0 Å². The molecule has 0 saturated heterocycles. The third-order valence-corrected chi connectivity index (χ3v) is 3.58. The predicted octanol–water partition coefficient (Wildman–Crippen LogP) is 2.41. The second-order valence-electron chi connectivity index (χ2n) is 5.65.